The van der Waals surface area contributed by atoms with E-state index < -0.39 is 0 Å². The molecule has 0 saturated carbocycles. The zero-order valence-corrected chi connectivity index (χ0v) is 17.0. The summed E-state index contributed by atoms with van der Waals surface area (Å²) in [6.45, 7) is 2.96. The Morgan fingerprint density at radius 3 is 2.52 bits per heavy atom. The van der Waals surface area contributed by atoms with Gasteiger partial charge in [-0.05, 0) is 43.2 Å². The van der Waals surface area contributed by atoms with Crippen molar-refractivity contribution in [1.82, 2.24) is 10.6 Å². The van der Waals surface area contributed by atoms with Gasteiger partial charge < -0.3 is 25.0 Å². The van der Waals surface area contributed by atoms with Crippen molar-refractivity contribution in [2.75, 3.05) is 32.2 Å². The molecule has 1 atom stereocenters. The second kappa shape index (κ2) is 9.32. The molecular formula is C22H27N3O4. The third-order valence-electron chi connectivity index (χ3n) is 4.95. The van der Waals surface area contributed by atoms with Crippen LogP contribution >= 0.6 is 0 Å². The van der Waals surface area contributed by atoms with Crippen molar-refractivity contribution in [3.8, 4) is 11.5 Å². The molecule has 7 heteroatoms. The van der Waals surface area contributed by atoms with Gasteiger partial charge in [0.25, 0.3) is 0 Å². The number of ether oxygens (including phenoxy) is 2. The molecule has 1 saturated heterocycles. The monoisotopic (exact) mass is 397 g/mol. The zero-order valence-electron chi connectivity index (χ0n) is 17.0. The van der Waals surface area contributed by atoms with Crippen LogP contribution in [0.1, 0.15) is 17.5 Å². The quantitative estimate of drug-likeness (QED) is 0.753. The number of aryl methyl sites for hydroxylation is 1. The molecule has 0 aromatic heterocycles. The molecule has 7 nitrogen and oxygen atoms in total. The van der Waals surface area contributed by atoms with Crippen LogP contribution in [0.4, 0.5) is 10.5 Å². The van der Waals surface area contributed by atoms with Gasteiger partial charge in [0.1, 0.15) is 0 Å². The molecule has 0 spiro atoms. The zero-order chi connectivity index (χ0) is 20.8. The highest BCUT2D eigenvalue weighted by molar-refractivity contribution is 5.96. The highest BCUT2D eigenvalue weighted by Gasteiger charge is 2.31. The third-order valence-corrected chi connectivity index (χ3v) is 4.95. The minimum absolute atomic E-state index is 0.0180. The van der Waals surface area contributed by atoms with Gasteiger partial charge >= 0.3 is 6.03 Å². The van der Waals surface area contributed by atoms with E-state index in [1.54, 1.807) is 19.1 Å². The van der Waals surface area contributed by atoms with Gasteiger partial charge in [0, 0.05) is 25.2 Å². The molecule has 1 aliphatic rings. The fourth-order valence-electron chi connectivity index (χ4n) is 3.37. The summed E-state index contributed by atoms with van der Waals surface area (Å²) in [5.41, 5.74) is 3.03. The van der Waals surface area contributed by atoms with Gasteiger partial charge in [-0.1, -0.05) is 23.8 Å². The summed E-state index contributed by atoms with van der Waals surface area (Å²) in [5.74, 6) is 1.35. The van der Waals surface area contributed by atoms with Crippen LogP contribution in [0, 0.1) is 6.92 Å². The number of rotatable bonds is 7. The number of amides is 3. The average Bonchev–Trinajstić information content (AvgIpc) is 3.08. The summed E-state index contributed by atoms with van der Waals surface area (Å²) in [5, 5.41) is 5.74. The summed E-state index contributed by atoms with van der Waals surface area (Å²) in [7, 11) is 3.19. The molecule has 0 bridgehead atoms. The predicted molar refractivity (Wildman–Crippen MR) is 112 cm³/mol. The maximum absolute atomic E-state index is 12.3. The van der Waals surface area contributed by atoms with Crippen LogP contribution in [-0.4, -0.2) is 45.3 Å². The Bertz CT molecular complexity index is 867. The van der Waals surface area contributed by atoms with Gasteiger partial charge in [0.2, 0.25) is 5.91 Å². The van der Waals surface area contributed by atoms with Gasteiger partial charge in [-0.2, -0.15) is 0 Å². The van der Waals surface area contributed by atoms with Crippen molar-refractivity contribution in [3.05, 3.63) is 53.6 Å². The largest absolute Gasteiger partial charge is 0.493 e. The van der Waals surface area contributed by atoms with E-state index in [0.29, 0.717) is 37.4 Å². The highest BCUT2D eigenvalue weighted by atomic mass is 16.5. The first-order valence-corrected chi connectivity index (χ1v) is 9.62. The van der Waals surface area contributed by atoms with Gasteiger partial charge in [0.15, 0.2) is 11.5 Å². The van der Waals surface area contributed by atoms with Crippen LogP contribution in [0.25, 0.3) is 0 Å². The lowest BCUT2D eigenvalue weighted by Crippen LogP contribution is -2.43. The Labute approximate surface area is 171 Å². The first-order chi connectivity index (χ1) is 14.0. The summed E-state index contributed by atoms with van der Waals surface area (Å²) < 4.78 is 10.5. The Morgan fingerprint density at radius 2 is 1.83 bits per heavy atom. The number of hydrogen-bond donors (Lipinski definition) is 2. The van der Waals surface area contributed by atoms with E-state index >= 15 is 0 Å². The number of hydrogen-bond acceptors (Lipinski definition) is 4. The van der Waals surface area contributed by atoms with Gasteiger partial charge in [-0.15, -0.1) is 0 Å². The number of benzene rings is 2. The maximum Gasteiger partial charge on any atom is 0.315 e. The van der Waals surface area contributed by atoms with Crippen LogP contribution in [0.2, 0.25) is 0 Å². The van der Waals surface area contributed by atoms with Gasteiger partial charge in [0.05, 0.1) is 20.3 Å². The molecule has 2 N–H and O–H groups in total. The van der Waals surface area contributed by atoms with Crippen LogP contribution in [0.5, 0.6) is 11.5 Å². The first kappa shape index (κ1) is 20.5. The van der Waals surface area contributed by atoms with Crippen molar-refractivity contribution in [3.63, 3.8) is 0 Å². The van der Waals surface area contributed by atoms with Crippen LogP contribution < -0.4 is 25.0 Å². The van der Waals surface area contributed by atoms with E-state index in [1.807, 2.05) is 49.4 Å². The third kappa shape index (κ3) is 5.19. The highest BCUT2D eigenvalue weighted by Crippen LogP contribution is 2.27. The fourth-order valence-corrected chi connectivity index (χ4v) is 3.37. The summed E-state index contributed by atoms with van der Waals surface area (Å²) in [6.07, 6.45) is 0.962. The van der Waals surface area contributed by atoms with Crippen molar-refractivity contribution in [2.45, 2.75) is 25.8 Å². The smallest absolute Gasteiger partial charge is 0.315 e. The minimum Gasteiger partial charge on any atom is -0.493 e. The molecule has 0 radical (unpaired) electrons. The minimum atomic E-state index is -0.269. The number of anilines is 1. The molecule has 1 unspecified atom stereocenters. The van der Waals surface area contributed by atoms with E-state index in [1.165, 1.54) is 0 Å². The topological polar surface area (TPSA) is 79.9 Å². The van der Waals surface area contributed by atoms with Crippen LogP contribution in [0.3, 0.4) is 0 Å². The van der Waals surface area contributed by atoms with E-state index in [0.717, 1.165) is 16.8 Å². The molecule has 3 amide bonds. The van der Waals surface area contributed by atoms with Crippen molar-refractivity contribution < 1.29 is 19.1 Å². The SMILES string of the molecule is COc1ccc(CCNC(=O)NC2CC(=O)N(c3ccc(C)cc3)C2)cc1OC. The Balaban J connectivity index is 1.46. The lowest BCUT2D eigenvalue weighted by Gasteiger charge is -2.17. The molecule has 1 fully saturated rings. The molecule has 2 aromatic rings. The first-order valence-electron chi connectivity index (χ1n) is 9.62. The summed E-state index contributed by atoms with van der Waals surface area (Å²) >= 11 is 0. The van der Waals surface area contributed by atoms with E-state index in [9.17, 15) is 9.59 Å². The van der Waals surface area contributed by atoms with E-state index in [4.69, 9.17) is 9.47 Å². The van der Waals surface area contributed by atoms with Gasteiger partial charge in [-0.3, -0.25) is 4.79 Å². The standard InChI is InChI=1S/C22H27N3O4/c1-15-4-7-18(8-5-15)25-14-17(13-21(25)26)24-22(27)23-11-10-16-6-9-19(28-2)20(12-16)29-3/h4-9,12,17H,10-11,13-14H2,1-3H3,(H2,23,24,27). The van der Waals surface area contributed by atoms with E-state index in [-0.39, 0.29) is 18.0 Å². The van der Waals surface area contributed by atoms with Gasteiger partial charge in [-0.25, -0.2) is 4.79 Å². The average molecular weight is 397 g/mol. The number of nitrogens with one attached hydrogen (secondary N) is 2. The van der Waals surface area contributed by atoms with E-state index in [2.05, 4.69) is 10.6 Å². The van der Waals surface area contributed by atoms with Crippen molar-refractivity contribution in [2.24, 2.45) is 0 Å². The molecule has 2 aromatic carbocycles. The molecule has 154 valence electrons. The van der Waals surface area contributed by atoms with Crippen LogP contribution in [0.15, 0.2) is 42.5 Å². The number of carbonyl (C=O) groups is 2. The van der Waals surface area contributed by atoms with Crippen molar-refractivity contribution >= 4 is 17.6 Å². The normalized spacial score (nSPS) is 15.9. The fraction of sp³-hybridized carbons (Fsp3) is 0.364. The lowest BCUT2D eigenvalue weighted by molar-refractivity contribution is -0.117. The molecule has 29 heavy (non-hydrogen) atoms. The molecule has 1 heterocycles. The number of carbonyl (C=O) groups excluding carboxylic acids is 2. The Morgan fingerprint density at radius 1 is 1.10 bits per heavy atom. The van der Waals surface area contributed by atoms with Crippen molar-refractivity contribution in [1.29, 1.82) is 0 Å². The number of nitrogens with zero attached hydrogens (tertiary/aromatic N) is 1. The number of methoxy groups -OCH3 is 2. The predicted octanol–water partition coefficient (Wildman–Crippen LogP) is 2.66. The molecule has 0 aliphatic carbocycles. The summed E-state index contributed by atoms with van der Waals surface area (Å²) in [4.78, 5) is 26.2. The molecule has 3 rings (SSSR count). The van der Waals surface area contributed by atoms with Crippen LogP contribution in [-0.2, 0) is 11.2 Å². The second-order valence-corrected chi connectivity index (χ2v) is 7.08. The molecular weight excluding hydrogens is 370 g/mol. The number of urea groups is 1. The lowest BCUT2D eigenvalue weighted by atomic mass is 10.1. The Hall–Kier alpha value is -3.22. The Kier molecular flexibility index (Phi) is 6.59. The second-order valence-electron chi connectivity index (χ2n) is 7.08. The molecule has 1 aliphatic heterocycles. The maximum atomic E-state index is 12.3. The summed E-state index contributed by atoms with van der Waals surface area (Å²) in [6, 6.07) is 13.0.